The monoisotopic (exact) mass is 374 g/mol. The Hall–Kier alpha value is -2.54. The molecule has 0 saturated heterocycles. The van der Waals surface area contributed by atoms with Crippen LogP contribution in [-0.4, -0.2) is 41.9 Å². The topological polar surface area (TPSA) is 127 Å². The van der Waals surface area contributed by atoms with E-state index in [2.05, 4.69) is 26.7 Å². The summed E-state index contributed by atoms with van der Waals surface area (Å²) in [4.78, 5) is 12.3. The fraction of sp³-hybridized carbons (Fsp3) is 0.562. The van der Waals surface area contributed by atoms with Gasteiger partial charge >= 0.3 is 0 Å². The highest BCUT2D eigenvalue weighted by atomic mass is 32.2. The molecule has 0 radical (unpaired) electrons. The summed E-state index contributed by atoms with van der Waals surface area (Å²) in [6, 6.07) is 4.20. The normalized spacial score (nSPS) is 16.2. The van der Waals surface area contributed by atoms with Crippen molar-refractivity contribution in [2.24, 2.45) is 0 Å². The number of carbonyl (C=O) groups is 1. The second kappa shape index (κ2) is 7.37. The Balaban J connectivity index is 1.64. The van der Waals surface area contributed by atoms with Crippen molar-refractivity contribution < 1.29 is 4.79 Å². The van der Waals surface area contributed by atoms with Crippen LogP contribution in [0.2, 0.25) is 0 Å². The number of nitrogens with one attached hydrogen (secondary N) is 1. The van der Waals surface area contributed by atoms with E-state index in [9.17, 15) is 10.1 Å². The third-order valence-corrected chi connectivity index (χ3v) is 5.42. The maximum Gasteiger partial charge on any atom is 0.271 e. The highest BCUT2D eigenvalue weighted by molar-refractivity contribution is 7.99. The van der Waals surface area contributed by atoms with E-state index in [4.69, 9.17) is 5.84 Å². The van der Waals surface area contributed by atoms with Crippen LogP contribution in [0.1, 0.15) is 43.5 Å². The average Bonchev–Trinajstić information content (AvgIpc) is 3.15. The largest absolute Gasteiger partial charge is 0.337 e. The van der Waals surface area contributed by atoms with Crippen LogP contribution in [-0.2, 0) is 4.79 Å². The van der Waals surface area contributed by atoms with Gasteiger partial charge in [0.25, 0.3) is 5.95 Å². The van der Waals surface area contributed by atoms with Crippen molar-refractivity contribution in [1.82, 2.24) is 30.0 Å². The van der Waals surface area contributed by atoms with E-state index >= 15 is 0 Å². The molecule has 0 bridgehead atoms. The molecule has 3 rings (SSSR count). The number of rotatable bonds is 5. The number of aromatic nitrogens is 5. The van der Waals surface area contributed by atoms with Crippen LogP contribution in [0.5, 0.6) is 0 Å². The fourth-order valence-electron chi connectivity index (χ4n) is 3.20. The number of hydrogen-bond acceptors (Lipinski definition) is 7. The van der Waals surface area contributed by atoms with Gasteiger partial charge in [0.2, 0.25) is 11.1 Å². The third kappa shape index (κ3) is 3.67. The Morgan fingerprint density at radius 2 is 2.12 bits per heavy atom. The number of carbonyl (C=O) groups excluding carboxylic acids is 1. The van der Waals surface area contributed by atoms with Gasteiger partial charge in [-0.1, -0.05) is 31.0 Å². The van der Waals surface area contributed by atoms with E-state index < -0.39 is 5.54 Å². The molecule has 1 aliphatic carbocycles. The van der Waals surface area contributed by atoms with Gasteiger partial charge in [-0.3, -0.25) is 4.79 Å². The van der Waals surface area contributed by atoms with Gasteiger partial charge in [-0.2, -0.15) is 10.4 Å². The van der Waals surface area contributed by atoms with Crippen LogP contribution in [0.3, 0.4) is 0 Å². The van der Waals surface area contributed by atoms with Gasteiger partial charge in [0.15, 0.2) is 0 Å². The van der Waals surface area contributed by atoms with E-state index in [-0.39, 0.29) is 11.7 Å². The maximum atomic E-state index is 12.3. The molecule has 138 valence electrons. The number of aryl methyl sites for hydroxylation is 2. The molecule has 1 saturated carbocycles. The van der Waals surface area contributed by atoms with Crippen molar-refractivity contribution in [1.29, 1.82) is 5.26 Å². The zero-order valence-electron chi connectivity index (χ0n) is 14.9. The molecule has 3 N–H and O–H groups in total. The summed E-state index contributed by atoms with van der Waals surface area (Å²) in [6.45, 7) is 3.79. The summed E-state index contributed by atoms with van der Waals surface area (Å²) in [5, 5.41) is 25.2. The summed E-state index contributed by atoms with van der Waals surface area (Å²) in [5.41, 5.74) is 1.01. The Kier molecular flexibility index (Phi) is 5.18. The first kappa shape index (κ1) is 18.3. The lowest BCUT2D eigenvalue weighted by Gasteiger charge is -2.31. The quantitative estimate of drug-likeness (QED) is 0.595. The Morgan fingerprint density at radius 1 is 1.38 bits per heavy atom. The zero-order chi connectivity index (χ0) is 18.7. The van der Waals surface area contributed by atoms with Gasteiger partial charge in [-0.25, -0.2) is 9.36 Å². The summed E-state index contributed by atoms with van der Waals surface area (Å²) >= 11 is 1.18. The average molecular weight is 374 g/mol. The Morgan fingerprint density at radius 3 is 2.73 bits per heavy atom. The summed E-state index contributed by atoms with van der Waals surface area (Å²) in [5.74, 6) is 6.37. The van der Waals surface area contributed by atoms with Crippen LogP contribution in [0.4, 0.5) is 0 Å². The second-order valence-corrected chi connectivity index (χ2v) is 7.53. The minimum Gasteiger partial charge on any atom is -0.337 e. The molecule has 1 fully saturated rings. The Bertz CT molecular complexity index is 843. The number of thioether (sulfide) groups is 1. The molecular formula is C16H22N8OS. The van der Waals surface area contributed by atoms with Gasteiger partial charge < -0.3 is 11.2 Å². The standard InChI is InChI=1S/C16H22N8OS/c1-11-8-12(2)24(22-11)14-20-21-15(23(14)18)26-9-13(25)19-16(10-17)6-4-3-5-7-16/h8H,3-7,9,18H2,1-2H3,(H,19,25). The van der Waals surface area contributed by atoms with E-state index in [1.165, 1.54) is 16.4 Å². The SMILES string of the molecule is Cc1cc(C)n(-c2nnc(SCC(=O)NC3(C#N)CCCCC3)n2N)n1. The molecule has 2 heterocycles. The first-order chi connectivity index (χ1) is 12.4. The molecule has 1 amide bonds. The molecule has 9 nitrogen and oxygen atoms in total. The fourth-order valence-corrected chi connectivity index (χ4v) is 3.85. The van der Waals surface area contributed by atoms with Crippen molar-refractivity contribution in [3.8, 4) is 12.0 Å². The summed E-state index contributed by atoms with van der Waals surface area (Å²) < 4.78 is 2.93. The first-order valence-electron chi connectivity index (χ1n) is 8.53. The molecule has 0 aliphatic heterocycles. The van der Waals surface area contributed by atoms with Gasteiger partial charge in [-0.05, 0) is 32.8 Å². The second-order valence-electron chi connectivity index (χ2n) is 6.58. The van der Waals surface area contributed by atoms with Gasteiger partial charge in [-0.15, -0.1) is 10.2 Å². The lowest BCUT2D eigenvalue weighted by molar-refractivity contribution is -0.120. The summed E-state index contributed by atoms with van der Waals surface area (Å²) in [7, 11) is 0. The van der Waals surface area contributed by atoms with Crippen LogP contribution in [0.25, 0.3) is 5.95 Å². The molecule has 2 aromatic rings. The number of hydrogen-bond donors (Lipinski definition) is 2. The van der Waals surface area contributed by atoms with Gasteiger partial charge in [0.1, 0.15) is 5.54 Å². The third-order valence-electron chi connectivity index (χ3n) is 4.48. The van der Waals surface area contributed by atoms with Gasteiger partial charge in [0, 0.05) is 5.69 Å². The van der Waals surface area contributed by atoms with Crippen LogP contribution in [0, 0.1) is 25.2 Å². The molecule has 0 spiro atoms. The predicted octanol–water partition coefficient (Wildman–Crippen LogP) is 1.23. The lowest BCUT2D eigenvalue weighted by Crippen LogP contribution is -2.49. The maximum absolute atomic E-state index is 12.3. The highest BCUT2D eigenvalue weighted by Crippen LogP contribution is 2.28. The van der Waals surface area contributed by atoms with Crippen LogP contribution in [0.15, 0.2) is 11.2 Å². The van der Waals surface area contributed by atoms with Crippen molar-refractivity contribution in [2.45, 2.75) is 56.6 Å². The molecule has 0 atom stereocenters. The summed E-state index contributed by atoms with van der Waals surface area (Å²) in [6.07, 6.45) is 4.44. The van der Waals surface area contributed by atoms with E-state index in [0.29, 0.717) is 23.9 Å². The van der Waals surface area contributed by atoms with E-state index in [0.717, 1.165) is 30.7 Å². The van der Waals surface area contributed by atoms with Gasteiger partial charge in [0.05, 0.1) is 17.5 Å². The number of nitrogen functional groups attached to an aromatic ring is 1. The van der Waals surface area contributed by atoms with Crippen molar-refractivity contribution >= 4 is 17.7 Å². The molecule has 26 heavy (non-hydrogen) atoms. The molecular weight excluding hydrogens is 352 g/mol. The Labute approximate surface area is 155 Å². The molecule has 0 unspecified atom stereocenters. The van der Waals surface area contributed by atoms with Crippen molar-refractivity contribution in [3.63, 3.8) is 0 Å². The minimum absolute atomic E-state index is 0.121. The molecule has 10 heteroatoms. The molecule has 2 aromatic heterocycles. The number of amides is 1. The predicted molar refractivity (Wildman–Crippen MR) is 97.1 cm³/mol. The number of nitrogens with two attached hydrogens (primary N) is 1. The highest BCUT2D eigenvalue weighted by Gasteiger charge is 2.33. The van der Waals surface area contributed by atoms with Crippen LogP contribution >= 0.6 is 11.8 Å². The first-order valence-corrected chi connectivity index (χ1v) is 9.52. The van der Waals surface area contributed by atoms with E-state index in [1.54, 1.807) is 4.68 Å². The number of nitrogens with zero attached hydrogens (tertiary/aromatic N) is 6. The van der Waals surface area contributed by atoms with Crippen molar-refractivity contribution in [3.05, 3.63) is 17.5 Å². The van der Waals surface area contributed by atoms with Crippen LogP contribution < -0.4 is 11.2 Å². The molecule has 0 aromatic carbocycles. The smallest absolute Gasteiger partial charge is 0.271 e. The minimum atomic E-state index is -0.735. The van der Waals surface area contributed by atoms with E-state index in [1.807, 2.05) is 19.9 Å². The zero-order valence-corrected chi connectivity index (χ0v) is 15.7. The molecule has 1 aliphatic rings. The van der Waals surface area contributed by atoms with Crippen molar-refractivity contribution in [2.75, 3.05) is 11.6 Å². The number of nitriles is 1. The lowest BCUT2D eigenvalue weighted by atomic mass is 9.83.